The fourth-order valence-electron chi connectivity index (χ4n) is 3.09. The molecule has 2 saturated heterocycles. The standard InChI is InChI=1S/C16H20ClNO5/c17-13-9-12(15(19)20)1-2-14(13)23-8-5-18-4-7-22-11-16(18)3-6-21-10-16/h1-2,9H,3-8,10-11H2,(H,19,20). The number of carboxylic acid groups (broad SMARTS) is 1. The van der Waals surface area contributed by atoms with E-state index in [1.807, 2.05) is 0 Å². The minimum Gasteiger partial charge on any atom is -0.491 e. The number of aromatic carboxylic acids is 1. The van der Waals surface area contributed by atoms with Gasteiger partial charge in [-0.1, -0.05) is 11.6 Å². The predicted molar refractivity (Wildman–Crippen MR) is 84.5 cm³/mol. The minimum absolute atomic E-state index is 0.0292. The van der Waals surface area contributed by atoms with Crippen molar-refractivity contribution in [2.45, 2.75) is 12.0 Å². The van der Waals surface area contributed by atoms with Gasteiger partial charge in [0.05, 0.1) is 35.9 Å². The van der Waals surface area contributed by atoms with Crippen molar-refractivity contribution in [3.63, 3.8) is 0 Å². The molecule has 1 atom stereocenters. The summed E-state index contributed by atoms with van der Waals surface area (Å²) in [7, 11) is 0. The summed E-state index contributed by atoms with van der Waals surface area (Å²) in [5.41, 5.74) is 0.121. The van der Waals surface area contributed by atoms with E-state index in [-0.39, 0.29) is 11.1 Å². The van der Waals surface area contributed by atoms with Gasteiger partial charge in [0.1, 0.15) is 12.4 Å². The molecule has 3 rings (SSSR count). The average molecular weight is 342 g/mol. The van der Waals surface area contributed by atoms with Gasteiger partial charge in [-0.25, -0.2) is 4.79 Å². The van der Waals surface area contributed by atoms with Crippen LogP contribution in [0.1, 0.15) is 16.8 Å². The lowest BCUT2D eigenvalue weighted by atomic mass is 9.96. The second-order valence-corrected chi connectivity index (χ2v) is 6.27. The van der Waals surface area contributed by atoms with E-state index in [0.717, 1.165) is 32.7 Å². The van der Waals surface area contributed by atoms with Crippen molar-refractivity contribution >= 4 is 17.6 Å². The summed E-state index contributed by atoms with van der Waals surface area (Å²) < 4.78 is 16.9. The van der Waals surface area contributed by atoms with E-state index in [1.54, 1.807) is 6.07 Å². The summed E-state index contributed by atoms with van der Waals surface area (Å²) in [6, 6.07) is 4.49. The third-order valence-electron chi connectivity index (χ3n) is 4.43. The Labute approximate surface area is 139 Å². The van der Waals surface area contributed by atoms with E-state index >= 15 is 0 Å². The molecular weight excluding hydrogens is 322 g/mol. The van der Waals surface area contributed by atoms with E-state index < -0.39 is 5.97 Å². The number of benzene rings is 1. The Balaban J connectivity index is 1.57. The number of ether oxygens (including phenoxy) is 3. The number of halogens is 1. The largest absolute Gasteiger partial charge is 0.491 e. The first-order valence-electron chi connectivity index (χ1n) is 7.67. The average Bonchev–Trinajstić information content (AvgIpc) is 2.99. The molecule has 1 N–H and O–H groups in total. The summed E-state index contributed by atoms with van der Waals surface area (Å²) in [6.45, 7) is 4.97. The van der Waals surface area contributed by atoms with Gasteiger partial charge in [0.25, 0.3) is 0 Å². The highest BCUT2D eigenvalue weighted by molar-refractivity contribution is 6.32. The Morgan fingerprint density at radius 2 is 2.13 bits per heavy atom. The molecule has 126 valence electrons. The molecule has 1 spiro atoms. The van der Waals surface area contributed by atoms with Crippen molar-refractivity contribution in [3.05, 3.63) is 28.8 Å². The van der Waals surface area contributed by atoms with Crippen LogP contribution in [0.25, 0.3) is 0 Å². The van der Waals surface area contributed by atoms with Crippen molar-refractivity contribution < 1.29 is 24.1 Å². The third kappa shape index (κ3) is 3.61. The zero-order chi connectivity index (χ0) is 16.3. The summed E-state index contributed by atoms with van der Waals surface area (Å²) in [6.07, 6.45) is 0.973. The monoisotopic (exact) mass is 341 g/mol. The van der Waals surface area contributed by atoms with Gasteiger partial charge >= 0.3 is 5.97 Å². The maximum atomic E-state index is 10.9. The van der Waals surface area contributed by atoms with Crippen LogP contribution in [0.15, 0.2) is 18.2 Å². The molecule has 23 heavy (non-hydrogen) atoms. The Kier molecular flexibility index (Phi) is 5.06. The number of hydrogen-bond donors (Lipinski definition) is 1. The zero-order valence-electron chi connectivity index (χ0n) is 12.8. The van der Waals surface area contributed by atoms with Gasteiger partial charge in [0, 0.05) is 19.7 Å². The van der Waals surface area contributed by atoms with Crippen LogP contribution in [0.2, 0.25) is 5.02 Å². The lowest BCUT2D eigenvalue weighted by Gasteiger charge is -2.43. The van der Waals surface area contributed by atoms with E-state index in [1.165, 1.54) is 12.1 Å². The molecule has 0 amide bonds. The number of carboxylic acids is 1. The van der Waals surface area contributed by atoms with Crippen LogP contribution >= 0.6 is 11.6 Å². The molecule has 2 fully saturated rings. The smallest absolute Gasteiger partial charge is 0.335 e. The molecule has 6 nitrogen and oxygen atoms in total. The molecule has 2 heterocycles. The molecule has 0 aromatic heterocycles. The number of carbonyl (C=O) groups is 1. The Morgan fingerprint density at radius 3 is 2.83 bits per heavy atom. The minimum atomic E-state index is -1.00. The number of morpholine rings is 1. The summed E-state index contributed by atoms with van der Waals surface area (Å²) in [4.78, 5) is 13.3. The van der Waals surface area contributed by atoms with Gasteiger partial charge in [-0.3, -0.25) is 4.90 Å². The maximum absolute atomic E-state index is 10.9. The van der Waals surface area contributed by atoms with Gasteiger partial charge in [0.2, 0.25) is 0 Å². The second kappa shape index (κ2) is 7.05. The van der Waals surface area contributed by atoms with Crippen molar-refractivity contribution in [1.82, 2.24) is 4.90 Å². The van der Waals surface area contributed by atoms with Gasteiger partial charge in [-0.2, -0.15) is 0 Å². The maximum Gasteiger partial charge on any atom is 0.335 e. The normalized spacial score (nSPS) is 24.9. The molecule has 7 heteroatoms. The molecular formula is C16H20ClNO5. The Bertz CT molecular complexity index is 574. The first-order valence-corrected chi connectivity index (χ1v) is 8.05. The van der Waals surface area contributed by atoms with Crippen molar-refractivity contribution in [1.29, 1.82) is 0 Å². The lowest BCUT2D eigenvalue weighted by Crippen LogP contribution is -2.58. The fourth-order valence-corrected chi connectivity index (χ4v) is 3.33. The number of hydrogen-bond acceptors (Lipinski definition) is 5. The van der Waals surface area contributed by atoms with E-state index in [9.17, 15) is 4.79 Å². The van der Waals surface area contributed by atoms with Crippen LogP contribution in [0, 0.1) is 0 Å². The first kappa shape index (κ1) is 16.5. The fraction of sp³-hybridized carbons (Fsp3) is 0.562. The van der Waals surface area contributed by atoms with Crippen LogP contribution < -0.4 is 4.74 Å². The van der Waals surface area contributed by atoms with Crippen LogP contribution in [0.3, 0.4) is 0 Å². The number of rotatable bonds is 5. The molecule has 0 saturated carbocycles. The molecule has 2 aliphatic rings. The highest BCUT2D eigenvalue weighted by Gasteiger charge is 2.42. The number of nitrogens with zero attached hydrogens (tertiary/aromatic N) is 1. The van der Waals surface area contributed by atoms with Crippen LogP contribution in [-0.4, -0.2) is 67.6 Å². The van der Waals surface area contributed by atoms with Crippen LogP contribution in [0.5, 0.6) is 5.75 Å². The predicted octanol–water partition coefficient (Wildman–Crippen LogP) is 1.91. The van der Waals surface area contributed by atoms with Gasteiger partial charge in [0.15, 0.2) is 0 Å². The van der Waals surface area contributed by atoms with Crippen LogP contribution in [-0.2, 0) is 9.47 Å². The molecule has 1 aromatic rings. The summed E-state index contributed by atoms with van der Waals surface area (Å²) >= 11 is 6.07. The van der Waals surface area contributed by atoms with E-state index in [0.29, 0.717) is 30.6 Å². The quantitative estimate of drug-likeness (QED) is 0.882. The SMILES string of the molecule is O=C(O)c1ccc(OCCN2CCOCC23CCOC3)c(Cl)c1. The van der Waals surface area contributed by atoms with E-state index in [4.69, 9.17) is 30.9 Å². The van der Waals surface area contributed by atoms with Gasteiger partial charge in [-0.15, -0.1) is 0 Å². The molecule has 0 aliphatic carbocycles. The van der Waals surface area contributed by atoms with Gasteiger partial charge < -0.3 is 19.3 Å². The Hall–Kier alpha value is -1.34. The van der Waals surface area contributed by atoms with Crippen LogP contribution in [0.4, 0.5) is 0 Å². The van der Waals surface area contributed by atoms with Crippen molar-refractivity contribution in [2.24, 2.45) is 0 Å². The van der Waals surface area contributed by atoms with E-state index in [2.05, 4.69) is 4.90 Å². The molecule has 1 unspecified atom stereocenters. The topological polar surface area (TPSA) is 68.2 Å². The van der Waals surface area contributed by atoms with Gasteiger partial charge in [-0.05, 0) is 24.6 Å². The lowest BCUT2D eigenvalue weighted by molar-refractivity contribution is -0.0739. The van der Waals surface area contributed by atoms with Crippen molar-refractivity contribution in [2.75, 3.05) is 46.1 Å². The van der Waals surface area contributed by atoms with Crippen molar-refractivity contribution in [3.8, 4) is 5.75 Å². The second-order valence-electron chi connectivity index (χ2n) is 5.87. The molecule has 0 bridgehead atoms. The zero-order valence-corrected chi connectivity index (χ0v) is 13.6. The summed E-state index contributed by atoms with van der Waals surface area (Å²) in [5.74, 6) is -0.503. The highest BCUT2D eigenvalue weighted by atomic mass is 35.5. The molecule has 1 aromatic carbocycles. The Morgan fingerprint density at radius 1 is 1.35 bits per heavy atom. The highest BCUT2D eigenvalue weighted by Crippen LogP contribution is 2.30. The molecule has 0 radical (unpaired) electrons. The summed E-state index contributed by atoms with van der Waals surface area (Å²) in [5, 5.41) is 9.25. The third-order valence-corrected chi connectivity index (χ3v) is 4.72. The molecule has 2 aliphatic heterocycles. The first-order chi connectivity index (χ1) is 11.1.